The fourth-order valence-corrected chi connectivity index (χ4v) is 4.94. The molecule has 4 aromatic carbocycles. The smallest absolute Gasteiger partial charge is 0.272 e. The van der Waals surface area contributed by atoms with Gasteiger partial charge in [-0.25, -0.2) is 0 Å². The first-order chi connectivity index (χ1) is 19.8. The summed E-state index contributed by atoms with van der Waals surface area (Å²) in [6.07, 6.45) is 1.49. The van der Waals surface area contributed by atoms with Crippen LogP contribution in [0.5, 0.6) is 5.75 Å². The van der Waals surface area contributed by atoms with Crippen LogP contribution in [0, 0.1) is 0 Å². The first-order valence-corrected chi connectivity index (χ1v) is 14.4. The van der Waals surface area contributed by atoms with E-state index in [4.69, 9.17) is 27.9 Å². The SMILES string of the molecule is CCOc1ccc(C(=O)CSc2ccc(NC(=O)/C(=C/c3ccc(Cl)cc3Cl)NC(=O)c3ccccc3)cc2)cc1. The molecule has 0 aliphatic carbocycles. The molecular formula is C32H26Cl2N2O4S. The number of amides is 2. The van der Waals surface area contributed by atoms with Crippen LogP contribution in [0.4, 0.5) is 5.69 Å². The molecule has 0 heterocycles. The van der Waals surface area contributed by atoms with E-state index in [1.807, 2.05) is 19.1 Å². The Bertz CT molecular complexity index is 1560. The van der Waals surface area contributed by atoms with Crippen LogP contribution in [-0.2, 0) is 4.79 Å². The number of benzene rings is 4. The molecule has 2 amide bonds. The quantitative estimate of drug-likeness (QED) is 0.104. The molecule has 0 radical (unpaired) electrons. The monoisotopic (exact) mass is 604 g/mol. The largest absolute Gasteiger partial charge is 0.494 e. The van der Waals surface area contributed by atoms with Crippen molar-refractivity contribution < 1.29 is 19.1 Å². The maximum atomic E-state index is 13.3. The van der Waals surface area contributed by atoms with E-state index in [1.165, 1.54) is 17.8 Å². The van der Waals surface area contributed by atoms with Crippen molar-refractivity contribution in [1.82, 2.24) is 5.32 Å². The number of hydrogen-bond donors (Lipinski definition) is 2. The van der Waals surface area contributed by atoms with Crippen molar-refractivity contribution in [1.29, 1.82) is 0 Å². The molecule has 0 bridgehead atoms. The van der Waals surface area contributed by atoms with Gasteiger partial charge in [-0.2, -0.15) is 0 Å². The topological polar surface area (TPSA) is 84.5 Å². The van der Waals surface area contributed by atoms with Gasteiger partial charge in [0.25, 0.3) is 11.8 Å². The lowest BCUT2D eigenvalue weighted by atomic mass is 10.1. The van der Waals surface area contributed by atoms with Crippen molar-refractivity contribution in [2.24, 2.45) is 0 Å². The van der Waals surface area contributed by atoms with Crippen LogP contribution >= 0.6 is 35.0 Å². The second kappa shape index (κ2) is 14.6. The molecule has 0 saturated carbocycles. The summed E-state index contributed by atoms with van der Waals surface area (Å²) in [5.74, 6) is 0.0100. The first-order valence-electron chi connectivity index (χ1n) is 12.7. The standard InChI is InChI=1S/C32H26Cl2N2O4S/c1-2-40-26-14-9-21(10-15-26)30(37)20-41-27-16-12-25(13-17-27)35-32(39)29(18-23-8-11-24(33)19-28(23)34)36-31(38)22-6-4-3-5-7-22/h3-19H,2,20H2,1H3,(H,35,39)(H,36,38)/b29-18-. The summed E-state index contributed by atoms with van der Waals surface area (Å²) in [6, 6.07) is 27.6. The molecule has 2 N–H and O–H groups in total. The lowest BCUT2D eigenvalue weighted by molar-refractivity contribution is -0.113. The molecule has 0 unspecified atom stereocenters. The highest BCUT2D eigenvalue weighted by Crippen LogP contribution is 2.25. The van der Waals surface area contributed by atoms with Gasteiger partial charge in [0, 0.05) is 31.8 Å². The zero-order valence-electron chi connectivity index (χ0n) is 22.0. The van der Waals surface area contributed by atoms with Gasteiger partial charge in [0.05, 0.1) is 12.4 Å². The molecule has 0 spiro atoms. The lowest BCUT2D eigenvalue weighted by Crippen LogP contribution is -2.30. The number of Topliss-reactive ketones (excluding diaryl/α,β-unsaturated/α-hetero) is 1. The molecule has 0 saturated heterocycles. The number of hydrogen-bond acceptors (Lipinski definition) is 5. The van der Waals surface area contributed by atoms with Crippen molar-refractivity contribution in [3.63, 3.8) is 0 Å². The Labute approximate surface area is 252 Å². The van der Waals surface area contributed by atoms with Gasteiger partial charge < -0.3 is 15.4 Å². The predicted octanol–water partition coefficient (Wildman–Crippen LogP) is 7.78. The van der Waals surface area contributed by atoms with E-state index >= 15 is 0 Å². The fourth-order valence-electron chi connectivity index (χ4n) is 3.69. The number of nitrogens with one attached hydrogen (secondary N) is 2. The van der Waals surface area contributed by atoms with Crippen LogP contribution in [0.15, 0.2) is 108 Å². The normalized spacial score (nSPS) is 11.0. The lowest BCUT2D eigenvalue weighted by Gasteiger charge is -2.12. The van der Waals surface area contributed by atoms with Gasteiger partial charge in [-0.1, -0.05) is 47.5 Å². The van der Waals surface area contributed by atoms with E-state index in [2.05, 4.69) is 10.6 Å². The highest BCUT2D eigenvalue weighted by atomic mass is 35.5. The first kappa shape index (κ1) is 29.9. The second-order valence-electron chi connectivity index (χ2n) is 8.69. The summed E-state index contributed by atoms with van der Waals surface area (Å²) in [7, 11) is 0. The Balaban J connectivity index is 1.43. The Morgan fingerprint density at radius 1 is 0.854 bits per heavy atom. The molecule has 4 aromatic rings. The summed E-state index contributed by atoms with van der Waals surface area (Å²) in [5.41, 5.74) is 2.04. The highest BCUT2D eigenvalue weighted by Gasteiger charge is 2.16. The predicted molar refractivity (Wildman–Crippen MR) is 166 cm³/mol. The number of ketones is 1. The van der Waals surface area contributed by atoms with E-state index in [1.54, 1.807) is 84.9 Å². The van der Waals surface area contributed by atoms with E-state index in [9.17, 15) is 14.4 Å². The fraction of sp³-hybridized carbons (Fsp3) is 0.0938. The Morgan fingerprint density at radius 3 is 2.22 bits per heavy atom. The molecule has 6 nitrogen and oxygen atoms in total. The van der Waals surface area contributed by atoms with Crippen LogP contribution in [-0.4, -0.2) is 30.0 Å². The van der Waals surface area contributed by atoms with Crippen molar-refractivity contribution in [2.75, 3.05) is 17.7 Å². The number of rotatable bonds is 11. The van der Waals surface area contributed by atoms with Gasteiger partial charge in [-0.05, 0) is 91.4 Å². The average Bonchev–Trinajstić information content (AvgIpc) is 2.98. The maximum absolute atomic E-state index is 13.3. The maximum Gasteiger partial charge on any atom is 0.272 e. The number of ether oxygens (including phenoxy) is 1. The highest BCUT2D eigenvalue weighted by molar-refractivity contribution is 8.00. The van der Waals surface area contributed by atoms with Crippen molar-refractivity contribution in [2.45, 2.75) is 11.8 Å². The van der Waals surface area contributed by atoms with E-state index in [-0.39, 0.29) is 17.2 Å². The van der Waals surface area contributed by atoms with Gasteiger partial charge in [0.2, 0.25) is 0 Å². The molecule has 0 aliphatic rings. The number of carbonyl (C=O) groups is 3. The molecular weight excluding hydrogens is 579 g/mol. The van der Waals surface area contributed by atoms with Crippen LogP contribution in [0.2, 0.25) is 10.0 Å². The van der Waals surface area contributed by atoms with Gasteiger partial charge >= 0.3 is 0 Å². The Morgan fingerprint density at radius 2 is 1.56 bits per heavy atom. The minimum atomic E-state index is -0.536. The summed E-state index contributed by atoms with van der Waals surface area (Å²) in [5, 5.41) is 6.27. The van der Waals surface area contributed by atoms with Crippen LogP contribution in [0.25, 0.3) is 6.08 Å². The minimum absolute atomic E-state index is 0.000208. The number of anilines is 1. The second-order valence-corrected chi connectivity index (χ2v) is 10.6. The molecule has 41 heavy (non-hydrogen) atoms. The van der Waals surface area contributed by atoms with Crippen molar-refractivity contribution in [3.8, 4) is 5.75 Å². The van der Waals surface area contributed by atoms with Crippen molar-refractivity contribution in [3.05, 3.63) is 129 Å². The molecule has 0 atom stereocenters. The van der Waals surface area contributed by atoms with Gasteiger partial charge in [0.1, 0.15) is 11.4 Å². The van der Waals surface area contributed by atoms with Gasteiger partial charge in [0.15, 0.2) is 5.78 Å². The van der Waals surface area contributed by atoms with E-state index in [0.29, 0.717) is 39.0 Å². The Hall–Kier alpha value is -4.04. The summed E-state index contributed by atoms with van der Waals surface area (Å²) >= 11 is 13.7. The number of thioether (sulfide) groups is 1. The molecule has 0 fully saturated rings. The average molecular weight is 606 g/mol. The van der Waals surface area contributed by atoms with Crippen LogP contribution in [0.1, 0.15) is 33.2 Å². The summed E-state index contributed by atoms with van der Waals surface area (Å²) in [6.45, 7) is 2.47. The zero-order chi connectivity index (χ0) is 29.2. The molecule has 0 aliphatic heterocycles. The third-order valence-electron chi connectivity index (χ3n) is 5.76. The van der Waals surface area contributed by atoms with E-state index < -0.39 is 11.8 Å². The molecule has 0 aromatic heterocycles. The van der Waals surface area contributed by atoms with Gasteiger partial charge in [-0.3, -0.25) is 14.4 Å². The Kier molecular flexibility index (Phi) is 10.6. The van der Waals surface area contributed by atoms with E-state index in [0.717, 1.165) is 10.6 Å². The summed E-state index contributed by atoms with van der Waals surface area (Å²) < 4.78 is 5.42. The third kappa shape index (κ3) is 8.72. The summed E-state index contributed by atoms with van der Waals surface area (Å²) in [4.78, 5) is 39.5. The van der Waals surface area contributed by atoms with Crippen LogP contribution < -0.4 is 15.4 Å². The number of halogens is 2. The molecule has 208 valence electrons. The van der Waals surface area contributed by atoms with Gasteiger partial charge in [-0.15, -0.1) is 11.8 Å². The zero-order valence-corrected chi connectivity index (χ0v) is 24.4. The molecule has 4 rings (SSSR count). The third-order valence-corrected chi connectivity index (χ3v) is 7.33. The number of carbonyl (C=O) groups excluding carboxylic acids is 3. The van der Waals surface area contributed by atoms with Crippen molar-refractivity contribution >= 4 is 64.3 Å². The molecule has 9 heteroatoms. The minimum Gasteiger partial charge on any atom is -0.494 e. The van der Waals surface area contributed by atoms with Crippen LogP contribution in [0.3, 0.4) is 0 Å².